The Balaban J connectivity index is 1.84. The van der Waals surface area contributed by atoms with Crippen molar-refractivity contribution < 1.29 is 4.79 Å². The molecule has 0 aliphatic carbocycles. The highest BCUT2D eigenvalue weighted by Crippen LogP contribution is 2.31. The van der Waals surface area contributed by atoms with Crippen LogP contribution >= 0.6 is 50.8 Å². The number of fused-ring (bicyclic) bond motifs is 1. The normalized spacial score (nSPS) is 10.7. The topological polar surface area (TPSA) is 55.1 Å². The predicted molar refractivity (Wildman–Crippen MR) is 97.7 cm³/mol. The van der Waals surface area contributed by atoms with Gasteiger partial charge in [0.05, 0.1) is 10.6 Å². The molecule has 0 radical (unpaired) electrons. The molecule has 1 aromatic carbocycles. The van der Waals surface area contributed by atoms with Crippen molar-refractivity contribution in [2.45, 2.75) is 0 Å². The highest BCUT2D eigenvalue weighted by atomic mass is 79.9. The quantitative estimate of drug-likeness (QED) is 0.635. The zero-order valence-corrected chi connectivity index (χ0v) is 14.6. The Morgan fingerprint density at radius 2 is 2.05 bits per heavy atom. The van der Waals surface area contributed by atoms with Crippen LogP contribution in [-0.2, 0) is 0 Å². The number of halogens is 1. The maximum Gasteiger partial charge on any atom is 0.265 e. The van der Waals surface area contributed by atoms with Gasteiger partial charge in [0.25, 0.3) is 5.91 Å². The maximum absolute atomic E-state index is 12.3. The summed E-state index contributed by atoms with van der Waals surface area (Å²) in [4.78, 5) is 13.3. The number of carbonyl (C=O) groups excluding carboxylic acids is 1. The van der Waals surface area contributed by atoms with Crippen molar-refractivity contribution in [1.29, 1.82) is 0 Å². The second-order valence-electron chi connectivity index (χ2n) is 4.27. The summed E-state index contributed by atoms with van der Waals surface area (Å²) < 4.78 is 3.01. The number of hydrogen-bond donors (Lipinski definition) is 2. The van der Waals surface area contributed by atoms with Crippen molar-refractivity contribution in [3.63, 3.8) is 0 Å². The van der Waals surface area contributed by atoms with E-state index in [9.17, 15) is 4.79 Å². The zero-order valence-electron chi connectivity index (χ0n) is 10.6. The molecule has 2 aromatic heterocycles. The molecule has 21 heavy (non-hydrogen) atoms. The first-order valence-electron chi connectivity index (χ1n) is 5.92. The highest BCUT2D eigenvalue weighted by molar-refractivity contribution is 9.10. The predicted octanol–water partition coefficient (Wildman–Crippen LogP) is 4.61. The summed E-state index contributed by atoms with van der Waals surface area (Å²) in [5.74, 6) is -0.118. The van der Waals surface area contributed by atoms with E-state index in [4.69, 9.17) is 18.0 Å². The molecule has 3 nitrogen and oxygen atoms in total. The van der Waals surface area contributed by atoms with Crippen LogP contribution in [0.3, 0.4) is 0 Å². The van der Waals surface area contributed by atoms with E-state index in [1.807, 2.05) is 17.5 Å². The Hall–Kier alpha value is -1.28. The van der Waals surface area contributed by atoms with Gasteiger partial charge < -0.3 is 11.1 Å². The summed E-state index contributed by atoms with van der Waals surface area (Å²) >= 11 is 11.5. The third-order valence-electron chi connectivity index (χ3n) is 2.86. The fourth-order valence-electron chi connectivity index (χ4n) is 1.83. The molecule has 0 spiro atoms. The van der Waals surface area contributed by atoms with Crippen molar-refractivity contribution in [2.75, 3.05) is 5.32 Å². The fraction of sp³-hybridized carbons (Fsp3) is 0. The third-order valence-corrected chi connectivity index (χ3v) is 5.85. The number of carbonyl (C=O) groups is 1. The van der Waals surface area contributed by atoms with E-state index in [1.54, 1.807) is 29.5 Å². The largest absolute Gasteiger partial charge is 0.389 e. The van der Waals surface area contributed by atoms with Crippen LogP contribution in [0.1, 0.15) is 15.2 Å². The molecule has 0 aliphatic heterocycles. The summed E-state index contributed by atoms with van der Waals surface area (Å²) in [7, 11) is 0. The molecule has 2 heterocycles. The van der Waals surface area contributed by atoms with E-state index in [2.05, 4.69) is 21.2 Å². The minimum Gasteiger partial charge on any atom is -0.389 e. The van der Waals surface area contributed by atoms with E-state index in [-0.39, 0.29) is 5.91 Å². The van der Waals surface area contributed by atoms with Crippen molar-refractivity contribution in [3.8, 4) is 0 Å². The lowest BCUT2D eigenvalue weighted by Gasteiger charge is -2.08. The number of benzene rings is 1. The van der Waals surface area contributed by atoms with Gasteiger partial charge in [-0.05, 0) is 51.6 Å². The summed E-state index contributed by atoms with van der Waals surface area (Å²) in [6.45, 7) is 0. The molecule has 0 saturated heterocycles. The van der Waals surface area contributed by atoms with Gasteiger partial charge in [-0.25, -0.2) is 0 Å². The monoisotopic (exact) mass is 396 g/mol. The minimum absolute atomic E-state index is 0.118. The molecular formula is C14H9BrN2OS3. The van der Waals surface area contributed by atoms with Crippen LogP contribution in [0.2, 0.25) is 0 Å². The summed E-state index contributed by atoms with van der Waals surface area (Å²) in [6, 6.07) is 9.30. The average Bonchev–Trinajstić information content (AvgIpc) is 3.01. The highest BCUT2D eigenvalue weighted by Gasteiger charge is 2.13. The van der Waals surface area contributed by atoms with Gasteiger partial charge in [-0.3, -0.25) is 4.79 Å². The SMILES string of the molecule is NC(=S)c1ccc(NC(=O)c2cc3sccc3s2)c(Br)c1. The van der Waals surface area contributed by atoms with Gasteiger partial charge in [0.2, 0.25) is 0 Å². The molecule has 106 valence electrons. The molecule has 0 atom stereocenters. The lowest BCUT2D eigenvalue weighted by molar-refractivity contribution is 0.103. The Kier molecular flexibility index (Phi) is 4.08. The molecule has 7 heteroatoms. The van der Waals surface area contributed by atoms with Gasteiger partial charge in [0, 0.05) is 19.4 Å². The Morgan fingerprint density at radius 1 is 1.24 bits per heavy atom. The molecule has 3 aromatic rings. The zero-order chi connectivity index (χ0) is 15.0. The van der Waals surface area contributed by atoms with Crippen molar-refractivity contribution in [1.82, 2.24) is 0 Å². The number of anilines is 1. The third kappa shape index (κ3) is 3.01. The molecule has 1 amide bonds. The molecule has 3 N–H and O–H groups in total. The van der Waals surface area contributed by atoms with Crippen LogP contribution < -0.4 is 11.1 Å². The maximum atomic E-state index is 12.3. The summed E-state index contributed by atoms with van der Waals surface area (Å²) in [5.41, 5.74) is 7.03. The number of nitrogens with one attached hydrogen (secondary N) is 1. The number of thiophene rings is 2. The second-order valence-corrected chi connectivity index (χ2v) is 7.60. The van der Waals surface area contributed by atoms with Gasteiger partial charge in [0.1, 0.15) is 4.99 Å². The Bertz CT molecular complexity index is 824. The molecule has 0 aliphatic rings. The van der Waals surface area contributed by atoms with Crippen LogP contribution in [0.4, 0.5) is 5.69 Å². The number of rotatable bonds is 3. The van der Waals surface area contributed by atoms with E-state index in [1.165, 1.54) is 11.3 Å². The van der Waals surface area contributed by atoms with Crippen LogP contribution in [0.5, 0.6) is 0 Å². The van der Waals surface area contributed by atoms with Crippen LogP contribution in [0.15, 0.2) is 40.2 Å². The lowest BCUT2D eigenvalue weighted by Crippen LogP contribution is -2.12. The minimum atomic E-state index is -0.118. The molecule has 0 fully saturated rings. The van der Waals surface area contributed by atoms with Gasteiger partial charge in [-0.2, -0.15) is 0 Å². The molecular weight excluding hydrogens is 388 g/mol. The Morgan fingerprint density at radius 3 is 2.71 bits per heavy atom. The van der Waals surface area contributed by atoms with E-state index in [0.29, 0.717) is 15.6 Å². The lowest BCUT2D eigenvalue weighted by atomic mass is 10.2. The summed E-state index contributed by atoms with van der Waals surface area (Å²) in [6.07, 6.45) is 0. The molecule has 0 saturated carbocycles. The summed E-state index contributed by atoms with van der Waals surface area (Å²) in [5, 5.41) is 4.91. The van der Waals surface area contributed by atoms with E-state index >= 15 is 0 Å². The average molecular weight is 397 g/mol. The molecule has 0 unspecified atom stereocenters. The van der Waals surface area contributed by atoms with Gasteiger partial charge in [-0.15, -0.1) is 22.7 Å². The number of amides is 1. The number of thiocarbonyl (C=S) groups is 1. The van der Waals surface area contributed by atoms with E-state index in [0.717, 1.165) is 19.4 Å². The molecule has 3 rings (SSSR count). The smallest absolute Gasteiger partial charge is 0.265 e. The van der Waals surface area contributed by atoms with Crippen molar-refractivity contribution in [2.24, 2.45) is 5.73 Å². The van der Waals surface area contributed by atoms with Gasteiger partial charge in [-0.1, -0.05) is 12.2 Å². The standard InChI is InChI=1S/C14H9BrN2OS3/c15-8-5-7(13(16)19)1-2-9(8)17-14(18)12-6-11-10(21-12)3-4-20-11/h1-6H,(H2,16,19)(H,17,18). The van der Waals surface area contributed by atoms with Crippen LogP contribution in [0.25, 0.3) is 9.40 Å². The first-order chi connectivity index (χ1) is 10.0. The van der Waals surface area contributed by atoms with Crippen molar-refractivity contribution in [3.05, 3.63) is 50.6 Å². The first-order valence-corrected chi connectivity index (χ1v) is 8.82. The van der Waals surface area contributed by atoms with E-state index < -0.39 is 0 Å². The first kappa shape index (κ1) is 14.6. The van der Waals surface area contributed by atoms with Crippen molar-refractivity contribution >= 4 is 76.8 Å². The molecule has 0 bridgehead atoms. The number of hydrogen-bond acceptors (Lipinski definition) is 4. The number of nitrogens with two attached hydrogens (primary N) is 1. The van der Waals surface area contributed by atoms with Crippen LogP contribution in [-0.4, -0.2) is 10.9 Å². The second kappa shape index (κ2) is 5.84. The van der Waals surface area contributed by atoms with Crippen LogP contribution in [0, 0.1) is 0 Å². The fourth-order valence-corrected chi connectivity index (χ4v) is 4.44. The Labute approximate surface area is 142 Å². The van der Waals surface area contributed by atoms with Gasteiger partial charge >= 0.3 is 0 Å². The van der Waals surface area contributed by atoms with Gasteiger partial charge in [0.15, 0.2) is 0 Å².